The number of amides is 1. The average molecular weight is 304 g/mol. The molecule has 1 amide bonds. The zero-order valence-corrected chi connectivity index (χ0v) is 11.5. The summed E-state index contributed by atoms with van der Waals surface area (Å²) < 4.78 is 4.54. The highest BCUT2D eigenvalue weighted by molar-refractivity contribution is 7.80. The predicted octanol–water partition coefficient (Wildman–Crippen LogP) is 0.164. The van der Waals surface area contributed by atoms with E-state index in [1.165, 1.54) is 0 Å². The molecule has 0 unspecified atom stereocenters. The quantitative estimate of drug-likeness (QED) is 0.285. The number of thiol groups is 1. The van der Waals surface area contributed by atoms with E-state index in [0.29, 0.717) is 0 Å². The van der Waals surface area contributed by atoms with Gasteiger partial charge in [-0.1, -0.05) is 12.1 Å². The Morgan fingerprint density at radius 2 is 1.95 bits per heavy atom. The summed E-state index contributed by atoms with van der Waals surface area (Å²) in [6.07, 6.45) is 0. The Labute approximate surface area is 121 Å². The number of aliphatic hydroxyl groups is 1. The van der Waals surface area contributed by atoms with Gasteiger partial charge in [0.05, 0.1) is 13.2 Å². The first kappa shape index (κ1) is 18.2. The number of hydrogen-bond acceptors (Lipinski definition) is 7. The lowest BCUT2D eigenvalue weighted by molar-refractivity contribution is -0.758. The Kier molecular flexibility index (Phi) is 10.0. The molecule has 0 saturated heterocycles. The fraction of sp³-hybridized carbons (Fsp3) is 0.364. The summed E-state index contributed by atoms with van der Waals surface area (Å²) in [7, 11) is 0. The van der Waals surface area contributed by atoms with E-state index in [1.807, 2.05) is 24.3 Å². The minimum Gasteiger partial charge on any atom is -0.392 e. The van der Waals surface area contributed by atoms with Crippen LogP contribution in [-0.2, 0) is 21.0 Å². The minimum atomic E-state index is -0.937. The standard InChI is InChI=1S/C7H8OS.C4H8N2O5/c8-5-6-1-3-7(9)4-2-6;5-4(7)3-10-1-2-11-6(8)9/h1-4,8-9H,5H2;1-3H2,(H2,5,7). The molecule has 0 aliphatic rings. The zero-order chi connectivity index (χ0) is 15.4. The van der Waals surface area contributed by atoms with Gasteiger partial charge in [0.25, 0.3) is 5.09 Å². The van der Waals surface area contributed by atoms with Crippen molar-refractivity contribution < 1.29 is 24.6 Å². The molecular formula is C11H16N2O6S. The second kappa shape index (κ2) is 11.0. The van der Waals surface area contributed by atoms with Crippen LogP contribution in [-0.4, -0.2) is 35.9 Å². The van der Waals surface area contributed by atoms with E-state index in [2.05, 4.69) is 22.2 Å². The van der Waals surface area contributed by atoms with Gasteiger partial charge in [0.1, 0.15) is 13.2 Å². The lowest BCUT2D eigenvalue weighted by Gasteiger charge is -1.98. The van der Waals surface area contributed by atoms with Crippen molar-refractivity contribution in [1.82, 2.24) is 0 Å². The normalized spacial score (nSPS) is 9.30. The molecule has 112 valence electrons. The summed E-state index contributed by atoms with van der Waals surface area (Å²) in [5.41, 5.74) is 5.62. The molecule has 0 bridgehead atoms. The molecule has 0 radical (unpaired) electrons. The van der Waals surface area contributed by atoms with E-state index in [0.717, 1.165) is 10.5 Å². The highest BCUT2D eigenvalue weighted by atomic mass is 32.1. The number of aliphatic hydroxyl groups excluding tert-OH is 1. The largest absolute Gasteiger partial charge is 0.392 e. The lowest BCUT2D eigenvalue weighted by Crippen LogP contribution is -2.20. The zero-order valence-electron chi connectivity index (χ0n) is 10.6. The highest BCUT2D eigenvalue weighted by Crippen LogP contribution is 2.06. The lowest BCUT2D eigenvalue weighted by atomic mass is 10.2. The summed E-state index contributed by atoms with van der Waals surface area (Å²) in [5, 5.41) is 17.2. The first-order chi connectivity index (χ1) is 9.45. The van der Waals surface area contributed by atoms with Gasteiger partial charge in [0, 0.05) is 4.90 Å². The smallest absolute Gasteiger partial charge is 0.294 e. The molecule has 1 aromatic carbocycles. The number of carbonyl (C=O) groups excluding carboxylic acids is 1. The number of ether oxygens (including phenoxy) is 1. The Bertz CT molecular complexity index is 396. The Morgan fingerprint density at radius 3 is 2.40 bits per heavy atom. The number of primary amides is 1. The van der Waals surface area contributed by atoms with Crippen molar-refractivity contribution in [3.8, 4) is 0 Å². The molecule has 0 aromatic heterocycles. The van der Waals surface area contributed by atoms with Gasteiger partial charge in [0.15, 0.2) is 0 Å². The number of hydrogen-bond donors (Lipinski definition) is 3. The summed E-state index contributed by atoms with van der Waals surface area (Å²) in [6, 6.07) is 7.41. The van der Waals surface area contributed by atoms with Crippen LogP contribution in [0.15, 0.2) is 29.2 Å². The van der Waals surface area contributed by atoms with Gasteiger partial charge >= 0.3 is 0 Å². The third-order valence-electron chi connectivity index (χ3n) is 1.79. The van der Waals surface area contributed by atoms with Crippen LogP contribution in [0.5, 0.6) is 0 Å². The molecule has 1 rings (SSSR count). The van der Waals surface area contributed by atoms with E-state index >= 15 is 0 Å². The van der Waals surface area contributed by atoms with E-state index < -0.39 is 11.0 Å². The van der Waals surface area contributed by atoms with E-state index in [9.17, 15) is 14.9 Å². The van der Waals surface area contributed by atoms with Crippen molar-refractivity contribution in [2.45, 2.75) is 11.5 Å². The number of benzene rings is 1. The van der Waals surface area contributed by atoms with Crippen LogP contribution in [0.3, 0.4) is 0 Å². The number of carbonyl (C=O) groups is 1. The van der Waals surface area contributed by atoms with E-state index in [4.69, 9.17) is 10.8 Å². The van der Waals surface area contributed by atoms with Crippen molar-refractivity contribution in [2.24, 2.45) is 5.73 Å². The van der Waals surface area contributed by atoms with Crippen molar-refractivity contribution >= 4 is 18.5 Å². The van der Waals surface area contributed by atoms with Gasteiger partial charge in [0.2, 0.25) is 5.91 Å². The fourth-order valence-corrected chi connectivity index (χ4v) is 1.09. The minimum absolute atomic E-state index is 0.0239. The SMILES string of the molecule is NC(=O)COCCO[N+](=O)[O-].OCc1ccc(S)cc1. The summed E-state index contributed by atoms with van der Waals surface area (Å²) in [5.74, 6) is -0.619. The number of nitrogens with two attached hydrogens (primary N) is 1. The molecule has 0 spiro atoms. The third kappa shape index (κ3) is 11.3. The van der Waals surface area contributed by atoms with E-state index in [1.54, 1.807) is 0 Å². The second-order valence-electron chi connectivity index (χ2n) is 3.40. The van der Waals surface area contributed by atoms with E-state index in [-0.39, 0.29) is 26.4 Å². The average Bonchev–Trinajstić information content (AvgIpc) is 2.39. The Morgan fingerprint density at radius 1 is 1.35 bits per heavy atom. The first-order valence-corrected chi connectivity index (χ1v) is 5.92. The maximum atomic E-state index is 10.0. The summed E-state index contributed by atoms with van der Waals surface area (Å²) in [6.45, 7) is -0.362. The monoisotopic (exact) mass is 304 g/mol. The molecule has 0 atom stereocenters. The van der Waals surface area contributed by atoms with Gasteiger partial charge in [-0.2, -0.15) is 0 Å². The van der Waals surface area contributed by atoms with Gasteiger partial charge in [-0.3, -0.25) is 4.79 Å². The van der Waals surface area contributed by atoms with Gasteiger partial charge in [-0.25, -0.2) is 0 Å². The number of rotatable bonds is 7. The highest BCUT2D eigenvalue weighted by Gasteiger charge is 1.96. The molecule has 0 heterocycles. The fourth-order valence-electron chi connectivity index (χ4n) is 0.945. The van der Waals surface area contributed by atoms with Crippen LogP contribution in [0.2, 0.25) is 0 Å². The van der Waals surface area contributed by atoms with Crippen molar-refractivity contribution in [3.63, 3.8) is 0 Å². The summed E-state index contributed by atoms with van der Waals surface area (Å²) in [4.78, 5) is 24.3. The van der Waals surface area contributed by atoms with Crippen LogP contribution < -0.4 is 5.73 Å². The molecule has 8 nitrogen and oxygen atoms in total. The van der Waals surface area contributed by atoms with Crippen molar-refractivity contribution in [1.29, 1.82) is 0 Å². The van der Waals surface area contributed by atoms with Crippen LogP contribution >= 0.6 is 12.6 Å². The van der Waals surface area contributed by atoms with Gasteiger partial charge < -0.3 is 20.4 Å². The Balaban J connectivity index is 0.000000367. The predicted molar refractivity (Wildman–Crippen MR) is 72.6 cm³/mol. The second-order valence-corrected chi connectivity index (χ2v) is 3.92. The third-order valence-corrected chi connectivity index (χ3v) is 2.09. The molecule has 0 fully saturated rings. The van der Waals surface area contributed by atoms with Crippen LogP contribution in [0.1, 0.15) is 5.56 Å². The van der Waals surface area contributed by atoms with Crippen LogP contribution in [0.4, 0.5) is 0 Å². The number of nitrogens with zero attached hydrogens (tertiary/aromatic N) is 1. The van der Waals surface area contributed by atoms with Crippen LogP contribution in [0.25, 0.3) is 0 Å². The molecule has 9 heteroatoms. The summed E-state index contributed by atoms with van der Waals surface area (Å²) >= 11 is 4.09. The van der Waals surface area contributed by atoms with Crippen LogP contribution in [0, 0.1) is 10.1 Å². The van der Waals surface area contributed by atoms with Gasteiger partial charge in [-0.15, -0.1) is 22.7 Å². The molecule has 0 saturated carbocycles. The molecule has 1 aromatic rings. The van der Waals surface area contributed by atoms with Gasteiger partial charge in [-0.05, 0) is 17.7 Å². The van der Waals surface area contributed by atoms with Crippen molar-refractivity contribution in [2.75, 3.05) is 19.8 Å². The molecule has 20 heavy (non-hydrogen) atoms. The molecule has 0 aliphatic carbocycles. The topological polar surface area (TPSA) is 125 Å². The molecule has 3 N–H and O–H groups in total. The first-order valence-electron chi connectivity index (χ1n) is 5.47. The maximum absolute atomic E-state index is 10.0. The van der Waals surface area contributed by atoms with Crippen molar-refractivity contribution in [3.05, 3.63) is 39.9 Å². The maximum Gasteiger partial charge on any atom is 0.294 e. The molecular weight excluding hydrogens is 288 g/mol. The Hall–Kier alpha value is -1.84. The molecule has 0 aliphatic heterocycles.